The van der Waals surface area contributed by atoms with E-state index in [9.17, 15) is 14.0 Å². The Labute approximate surface area is 122 Å². The number of hydrogen-bond acceptors (Lipinski definition) is 4. The van der Waals surface area contributed by atoms with Crippen molar-refractivity contribution in [2.24, 2.45) is 0 Å². The molecule has 0 aliphatic carbocycles. The molecular formula is C14H18FN3O3. The predicted molar refractivity (Wildman–Crippen MR) is 75.7 cm³/mol. The lowest BCUT2D eigenvalue weighted by atomic mass is 10.2. The summed E-state index contributed by atoms with van der Waals surface area (Å²) in [6.07, 6.45) is -0.353. The Hall–Kier alpha value is -2.31. The van der Waals surface area contributed by atoms with Crippen molar-refractivity contribution in [1.29, 1.82) is 0 Å². The minimum Gasteiger partial charge on any atom is -0.407 e. The van der Waals surface area contributed by atoms with Crippen molar-refractivity contribution in [3.05, 3.63) is 24.0 Å². The van der Waals surface area contributed by atoms with Crippen LogP contribution in [0.25, 0.3) is 0 Å². The van der Waals surface area contributed by atoms with Gasteiger partial charge >= 0.3 is 6.09 Å². The standard InChI is InChI=1S/C14H18FN3O3/c1-8(2)17-9-3-4-12(10(15)7-9)21-14(20)18-11-5-6-16-13(11)19/h3-4,7-8,11,17H,5-6H2,1-2H3,(H,16,19)(H,18,20). The highest BCUT2D eigenvalue weighted by atomic mass is 19.1. The summed E-state index contributed by atoms with van der Waals surface area (Å²) in [7, 11) is 0. The minimum atomic E-state index is -0.847. The molecule has 1 fully saturated rings. The summed E-state index contributed by atoms with van der Waals surface area (Å²) in [4.78, 5) is 22.9. The summed E-state index contributed by atoms with van der Waals surface area (Å²) in [5.74, 6) is -1.09. The molecule has 1 aromatic rings. The van der Waals surface area contributed by atoms with Crippen LogP contribution in [0.2, 0.25) is 0 Å². The van der Waals surface area contributed by atoms with E-state index in [1.165, 1.54) is 12.1 Å². The molecule has 0 saturated carbocycles. The van der Waals surface area contributed by atoms with Crippen LogP contribution in [-0.2, 0) is 4.79 Å². The molecule has 0 aromatic heterocycles. The Balaban J connectivity index is 1.95. The van der Waals surface area contributed by atoms with Crippen LogP contribution in [0, 0.1) is 5.82 Å². The van der Waals surface area contributed by atoms with Gasteiger partial charge in [0.05, 0.1) is 0 Å². The van der Waals surface area contributed by atoms with E-state index in [0.29, 0.717) is 18.7 Å². The van der Waals surface area contributed by atoms with Crippen LogP contribution in [0.1, 0.15) is 20.3 Å². The van der Waals surface area contributed by atoms with E-state index in [0.717, 1.165) is 0 Å². The van der Waals surface area contributed by atoms with Crippen molar-refractivity contribution >= 4 is 17.7 Å². The van der Waals surface area contributed by atoms with Gasteiger partial charge in [-0.3, -0.25) is 4.79 Å². The molecule has 1 aliphatic heterocycles. The van der Waals surface area contributed by atoms with Gasteiger partial charge in [0.25, 0.3) is 0 Å². The van der Waals surface area contributed by atoms with Gasteiger partial charge in [0.2, 0.25) is 5.91 Å². The zero-order valence-electron chi connectivity index (χ0n) is 11.9. The lowest BCUT2D eigenvalue weighted by Crippen LogP contribution is -2.41. The third kappa shape index (κ3) is 4.08. The van der Waals surface area contributed by atoms with Crippen molar-refractivity contribution in [1.82, 2.24) is 10.6 Å². The fraction of sp³-hybridized carbons (Fsp3) is 0.429. The van der Waals surface area contributed by atoms with Crippen LogP contribution < -0.4 is 20.7 Å². The normalized spacial score (nSPS) is 17.5. The molecule has 1 aliphatic rings. The van der Waals surface area contributed by atoms with E-state index in [1.54, 1.807) is 6.07 Å². The van der Waals surface area contributed by atoms with Crippen LogP contribution in [0.3, 0.4) is 0 Å². The SMILES string of the molecule is CC(C)Nc1ccc(OC(=O)NC2CCNC2=O)c(F)c1. The molecule has 1 heterocycles. The van der Waals surface area contributed by atoms with E-state index in [1.807, 2.05) is 13.8 Å². The Kier molecular flexibility index (Phi) is 4.62. The highest BCUT2D eigenvalue weighted by Crippen LogP contribution is 2.21. The second-order valence-corrected chi connectivity index (χ2v) is 5.11. The third-order valence-corrected chi connectivity index (χ3v) is 2.93. The summed E-state index contributed by atoms with van der Waals surface area (Å²) in [6, 6.07) is 3.79. The van der Waals surface area contributed by atoms with Crippen molar-refractivity contribution in [2.45, 2.75) is 32.4 Å². The van der Waals surface area contributed by atoms with Crippen LogP contribution in [0.15, 0.2) is 18.2 Å². The first-order valence-electron chi connectivity index (χ1n) is 6.78. The van der Waals surface area contributed by atoms with Gasteiger partial charge in [0.15, 0.2) is 11.6 Å². The molecule has 2 amide bonds. The molecule has 114 valence electrons. The van der Waals surface area contributed by atoms with E-state index in [2.05, 4.69) is 16.0 Å². The summed E-state index contributed by atoms with van der Waals surface area (Å²) in [5.41, 5.74) is 0.602. The highest BCUT2D eigenvalue weighted by Gasteiger charge is 2.26. The molecule has 21 heavy (non-hydrogen) atoms. The van der Waals surface area contributed by atoms with E-state index in [4.69, 9.17) is 4.74 Å². The quantitative estimate of drug-likeness (QED) is 0.788. The first-order valence-corrected chi connectivity index (χ1v) is 6.78. The number of carbonyl (C=O) groups excluding carboxylic acids is 2. The van der Waals surface area contributed by atoms with Gasteiger partial charge < -0.3 is 20.7 Å². The Morgan fingerprint density at radius 1 is 1.48 bits per heavy atom. The number of halogens is 1. The molecule has 1 aromatic carbocycles. The fourth-order valence-electron chi connectivity index (χ4n) is 2.01. The molecule has 0 radical (unpaired) electrons. The van der Waals surface area contributed by atoms with Crippen LogP contribution in [-0.4, -0.2) is 30.6 Å². The molecule has 7 heteroatoms. The van der Waals surface area contributed by atoms with Gasteiger partial charge in [-0.1, -0.05) is 0 Å². The number of benzene rings is 1. The lowest BCUT2D eigenvalue weighted by molar-refractivity contribution is -0.120. The Morgan fingerprint density at radius 3 is 2.81 bits per heavy atom. The summed E-state index contributed by atoms with van der Waals surface area (Å²) in [6.45, 7) is 4.37. The van der Waals surface area contributed by atoms with Gasteiger partial charge in [-0.05, 0) is 32.4 Å². The second-order valence-electron chi connectivity index (χ2n) is 5.11. The zero-order chi connectivity index (χ0) is 15.4. The van der Waals surface area contributed by atoms with Crippen LogP contribution in [0.4, 0.5) is 14.9 Å². The summed E-state index contributed by atoms with van der Waals surface area (Å²) in [5, 5.41) is 8.02. The molecule has 3 N–H and O–H groups in total. The number of carbonyl (C=O) groups is 2. The van der Waals surface area contributed by atoms with Gasteiger partial charge in [0, 0.05) is 24.3 Å². The van der Waals surface area contributed by atoms with Crippen molar-refractivity contribution < 1.29 is 18.7 Å². The molecular weight excluding hydrogens is 277 g/mol. The molecule has 1 saturated heterocycles. The molecule has 1 unspecified atom stereocenters. The first kappa shape index (κ1) is 15.1. The fourth-order valence-corrected chi connectivity index (χ4v) is 2.01. The Morgan fingerprint density at radius 2 is 2.24 bits per heavy atom. The number of nitrogens with one attached hydrogen (secondary N) is 3. The first-order chi connectivity index (χ1) is 9.95. The van der Waals surface area contributed by atoms with E-state index >= 15 is 0 Å². The highest BCUT2D eigenvalue weighted by molar-refractivity contribution is 5.87. The van der Waals surface area contributed by atoms with Crippen molar-refractivity contribution in [3.8, 4) is 5.75 Å². The predicted octanol–water partition coefficient (Wildman–Crippen LogP) is 1.62. The van der Waals surface area contributed by atoms with Crippen LogP contribution in [0.5, 0.6) is 5.75 Å². The molecule has 0 spiro atoms. The van der Waals surface area contributed by atoms with Gasteiger partial charge in [-0.25, -0.2) is 9.18 Å². The Bertz CT molecular complexity index is 548. The van der Waals surface area contributed by atoms with Crippen molar-refractivity contribution in [3.63, 3.8) is 0 Å². The monoisotopic (exact) mass is 295 g/mol. The largest absolute Gasteiger partial charge is 0.413 e. The van der Waals surface area contributed by atoms with Gasteiger partial charge in [0.1, 0.15) is 6.04 Å². The van der Waals surface area contributed by atoms with E-state index in [-0.39, 0.29) is 17.7 Å². The second kappa shape index (κ2) is 6.43. The number of anilines is 1. The maximum Gasteiger partial charge on any atom is 0.413 e. The molecule has 1 atom stereocenters. The van der Waals surface area contributed by atoms with Gasteiger partial charge in [-0.15, -0.1) is 0 Å². The molecule has 2 rings (SSSR count). The topological polar surface area (TPSA) is 79.5 Å². The molecule has 6 nitrogen and oxygen atoms in total. The molecule has 0 bridgehead atoms. The maximum atomic E-state index is 13.8. The lowest BCUT2D eigenvalue weighted by Gasteiger charge is -2.13. The summed E-state index contributed by atoms with van der Waals surface area (Å²) < 4.78 is 18.7. The summed E-state index contributed by atoms with van der Waals surface area (Å²) >= 11 is 0. The van der Waals surface area contributed by atoms with E-state index < -0.39 is 18.0 Å². The van der Waals surface area contributed by atoms with Crippen LogP contribution >= 0.6 is 0 Å². The number of hydrogen-bond donors (Lipinski definition) is 3. The number of rotatable bonds is 4. The average molecular weight is 295 g/mol. The number of amides is 2. The third-order valence-electron chi connectivity index (χ3n) is 2.93. The maximum absolute atomic E-state index is 13.8. The minimum absolute atomic E-state index is 0.167. The van der Waals surface area contributed by atoms with Crippen molar-refractivity contribution in [2.75, 3.05) is 11.9 Å². The average Bonchev–Trinajstić information content (AvgIpc) is 2.78. The number of ether oxygens (including phenoxy) is 1. The smallest absolute Gasteiger partial charge is 0.407 e. The zero-order valence-corrected chi connectivity index (χ0v) is 11.9. The van der Waals surface area contributed by atoms with Gasteiger partial charge in [-0.2, -0.15) is 0 Å².